The van der Waals surface area contributed by atoms with E-state index in [4.69, 9.17) is 0 Å². The molecule has 7 heavy (non-hydrogen) atoms. The zero-order chi connectivity index (χ0) is 4.28. The average Bonchev–Trinajstić information content (AvgIpc) is 1.38. The van der Waals surface area contributed by atoms with Gasteiger partial charge in [-0.3, -0.25) is 5.57 Å². The van der Waals surface area contributed by atoms with Crippen molar-refractivity contribution in [1.82, 2.24) is 0 Å². The molecule has 0 aromatic heterocycles. The van der Waals surface area contributed by atoms with Crippen LogP contribution < -0.4 is 0 Å². The zero-order valence-corrected chi connectivity index (χ0v) is 6.71. The van der Waals surface area contributed by atoms with Crippen LogP contribution in [0.3, 0.4) is 0 Å². The second-order valence-corrected chi connectivity index (χ2v) is 1.000. The summed E-state index contributed by atoms with van der Waals surface area (Å²) in [5.74, 6) is 0. The fourth-order valence-electron chi connectivity index (χ4n) is 0. The molecule has 0 radical (unpaired) electrons. The maximum Gasteiger partial charge on any atom is 3.00 e. The molecule has 0 heterocycles. The van der Waals surface area contributed by atoms with E-state index in [0.29, 0.717) is 0 Å². The molecular weight excluding hydrogens is 117 g/mol. The van der Waals surface area contributed by atoms with Crippen LogP contribution in [0, 0.1) is 21.3 Å². The van der Waals surface area contributed by atoms with Gasteiger partial charge >= 0.3 is 25.8 Å². The topological polar surface area (TPSA) is 0 Å². The SMILES string of the molecule is C=C([CH2-])C[CH2-].[CH3-].[Sc+3]. The van der Waals surface area contributed by atoms with Crippen LogP contribution in [0.5, 0.6) is 0 Å². The van der Waals surface area contributed by atoms with E-state index in [0.717, 1.165) is 12.0 Å². The predicted molar refractivity (Wildman–Crippen MR) is 30.9 cm³/mol. The molecule has 0 nitrogen and oxygen atoms in total. The average molecular weight is 128 g/mol. The number of allylic oxidation sites excluding steroid dienone is 1. The quantitative estimate of drug-likeness (QED) is 0.474. The van der Waals surface area contributed by atoms with Gasteiger partial charge in [0.1, 0.15) is 0 Å². The fourth-order valence-corrected chi connectivity index (χ4v) is 0. The van der Waals surface area contributed by atoms with Crippen LogP contribution in [0.4, 0.5) is 0 Å². The summed E-state index contributed by atoms with van der Waals surface area (Å²) in [5.41, 5.74) is 0.894. The standard InChI is InChI=1S/C5H8.CH3.Sc/c1-4-5(2)3;;/h1-4H2;1H3;/q-2;-1;+3. The molecular formula is C6H11Sc. The summed E-state index contributed by atoms with van der Waals surface area (Å²) in [7, 11) is 0. The van der Waals surface area contributed by atoms with Crippen LogP contribution in [-0.2, 0) is 25.8 Å². The van der Waals surface area contributed by atoms with Crippen LogP contribution in [0.25, 0.3) is 0 Å². The third kappa shape index (κ3) is 21.1. The first-order valence-electron chi connectivity index (χ1n) is 1.56. The van der Waals surface area contributed by atoms with Gasteiger partial charge in [0.2, 0.25) is 0 Å². The van der Waals surface area contributed by atoms with Gasteiger partial charge in [0, 0.05) is 0 Å². The number of rotatable bonds is 1. The Bertz CT molecular complexity index is 39.4. The monoisotopic (exact) mass is 128 g/mol. The molecule has 38 valence electrons. The second-order valence-electron chi connectivity index (χ2n) is 1.000. The molecule has 0 unspecified atom stereocenters. The molecule has 0 rings (SSSR count). The van der Waals surface area contributed by atoms with E-state index < -0.39 is 0 Å². The fraction of sp³-hybridized carbons (Fsp3) is 0.167. The van der Waals surface area contributed by atoms with Gasteiger partial charge < -0.3 is 14.4 Å². The molecule has 0 saturated heterocycles. The molecule has 0 saturated carbocycles. The Morgan fingerprint density at radius 3 is 1.71 bits per heavy atom. The Balaban J connectivity index is -0.0000000800. The van der Waals surface area contributed by atoms with Crippen molar-refractivity contribution in [2.75, 3.05) is 0 Å². The summed E-state index contributed by atoms with van der Waals surface area (Å²) >= 11 is 0. The first kappa shape index (κ1) is 15.6. The zero-order valence-electron chi connectivity index (χ0n) is 4.91. The summed E-state index contributed by atoms with van der Waals surface area (Å²) in [5, 5.41) is 0. The summed E-state index contributed by atoms with van der Waals surface area (Å²) in [4.78, 5) is 0. The normalized spacial score (nSPS) is 5.29. The molecule has 0 aliphatic rings. The molecule has 0 aliphatic carbocycles. The van der Waals surface area contributed by atoms with Gasteiger partial charge in [0.15, 0.2) is 0 Å². The van der Waals surface area contributed by atoms with Crippen LogP contribution in [-0.4, -0.2) is 0 Å². The molecule has 0 aliphatic heterocycles. The van der Waals surface area contributed by atoms with Crippen molar-refractivity contribution < 1.29 is 25.8 Å². The van der Waals surface area contributed by atoms with E-state index in [9.17, 15) is 0 Å². The van der Waals surface area contributed by atoms with Crippen molar-refractivity contribution in [2.24, 2.45) is 0 Å². The largest absolute Gasteiger partial charge is 3.00 e. The van der Waals surface area contributed by atoms with Crippen molar-refractivity contribution in [3.05, 3.63) is 33.4 Å². The minimum absolute atomic E-state index is 0. The van der Waals surface area contributed by atoms with Gasteiger partial charge in [-0.05, 0) is 0 Å². The summed E-state index contributed by atoms with van der Waals surface area (Å²) in [6, 6.07) is 0. The van der Waals surface area contributed by atoms with Gasteiger partial charge in [-0.25, -0.2) is 13.5 Å². The van der Waals surface area contributed by atoms with E-state index in [1.165, 1.54) is 0 Å². The van der Waals surface area contributed by atoms with E-state index in [1.54, 1.807) is 0 Å². The third-order valence-electron chi connectivity index (χ3n) is 0.354. The summed E-state index contributed by atoms with van der Waals surface area (Å²) in [6.07, 6.45) is 0.750. The minimum atomic E-state index is 0. The van der Waals surface area contributed by atoms with E-state index >= 15 is 0 Å². The number of hydrogen-bond donors (Lipinski definition) is 0. The maximum absolute atomic E-state index is 3.52. The van der Waals surface area contributed by atoms with Gasteiger partial charge in [-0.2, -0.15) is 6.42 Å². The Morgan fingerprint density at radius 1 is 1.57 bits per heavy atom. The second kappa shape index (κ2) is 9.70. The van der Waals surface area contributed by atoms with Gasteiger partial charge in [-0.1, -0.05) is 0 Å². The third-order valence-corrected chi connectivity index (χ3v) is 0.354. The Labute approximate surface area is 65.8 Å². The first-order valence-corrected chi connectivity index (χ1v) is 1.56. The van der Waals surface area contributed by atoms with E-state index in [2.05, 4.69) is 20.4 Å². The molecule has 0 spiro atoms. The Hall–Kier alpha value is 0.480. The molecule has 0 aromatic carbocycles. The molecule has 0 N–H and O–H groups in total. The molecule has 0 atom stereocenters. The van der Waals surface area contributed by atoms with Crippen LogP contribution in [0.2, 0.25) is 0 Å². The van der Waals surface area contributed by atoms with Crippen LogP contribution in [0.15, 0.2) is 12.2 Å². The van der Waals surface area contributed by atoms with Crippen molar-refractivity contribution in [1.29, 1.82) is 0 Å². The van der Waals surface area contributed by atoms with Gasteiger partial charge in [0.25, 0.3) is 0 Å². The molecule has 0 aromatic rings. The Morgan fingerprint density at radius 2 is 1.71 bits per heavy atom. The first-order chi connectivity index (χ1) is 2.27. The van der Waals surface area contributed by atoms with Crippen molar-refractivity contribution in [2.45, 2.75) is 6.42 Å². The van der Waals surface area contributed by atoms with Crippen molar-refractivity contribution in [3.63, 3.8) is 0 Å². The molecule has 0 amide bonds. The van der Waals surface area contributed by atoms with Crippen LogP contribution in [0.1, 0.15) is 6.42 Å². The van der Waals surface area contributed by atoms with E-state index in [1.807, 2.05) is 0 Å². The summed E-state index contributed by atoms with van der Waals surface area (Å²) < 4.78 is 0. The Kier molecular flexibility index (Phi) is 21.7. The van der Waals surface area contributed by atoms with Crippen molar-refractivity contribution in [3.8, 4) is 0 Å². The predicted octanol–water partition coefficient (Wildman–Crippen LogP) is 2.05. The summed E-state index contributed by atoms with van der Waals surface area (Å²) in [6.45, 7) is 10.5. The van der Waals surface area contributed by atoms with Gasteiger partial charge in [0.05, 0.1) is 0 Å². The smallest absolute Gasteiger partial charge is 0.358 e. The van der Waals surface area contributed by atoms with Gasteiger partial charge in [-0.15, -0.1) is 0 Å². The number of hydrogen-bond acceptors (Lipinski definition) is 0. The molecule has 0 bridgehead atoms. The maximum atomic E-state index is 3.52. The molecule has 0 fully saturated rings. The minimum Gasteiger partial charge on any atom is -0.358 e. The molecule has 1 heteroatoms. The van der Waals surface area contributed by atoms with Crippen molar-refractivity contribution >= 4 is 0 Å². The van der Waals surface area contributed by atoms with Crippen LogP contribution >= 0.6 is 0 Å². The van der Waals surface area contributed by atoms with E-state index in [-0.39, 0.29) is 33.3 Å².